The minimum Gasteiger partial charge on any atom is -0.491 e. The second-order valence-electron chi connectivity index (χ2n) is 6.40. The molecule has 0 aliphatic carbocycles. The third-order valence-electron chi connectivity index (χ3n) is 4.23. The molecule has 2 N–H and O–H groups in total. The summed E-state index contributed by atoms with van der Waals surface area (Å²) < 4.78 is 5.77. The lowest BCUT2D eigenvalue weighted by Crippen LogP contribution is -2.47. The highest BCUT2D eigenvalue weighted by Gasteiger charge is 2.27. The number of likely N-dealkylation sites (tertiary alicyclic amines) is 1. The number of aliphatic carboxylic acids is 1. The highest BCUT2D eigenvalue weighted by atomic mass is 16.5. The monoisotopic (exact) mass is 334 g/mol. The Hall–Kier alpha value is -2.24. The van der Waals surface area contributed by atoms with E-state index in [2.05, 4.69) is 19.2 Å². The van der Waals surface area contributed by atoms with E-state index >= 15 is 0 Å². The predicted octanol–water partition coefficient (Wildman–Crippen LogP) is 2.70. The molecule has 1 aromatic rings. The Morgan fingerprint density at radius 2 is 2.12 bits per heavy atom. The first-order chi connectivity index (χ1) is 11.5. The Morgan fingerprint density at radius 3 is 2.83 bits per heavy atom. The van der Waals surface area contributed by atoms with Gasteiger partial charge in [0.1, 0.15) is 12.4 Å². The fourth-order valence-electron chi connectivity index (χ4n) is 2.88. The molecule has 1 aromatic carbocycles. The number of carbonyl (C=O) groups is 2. The highest BCUT2D eigenvalue weighted by Crippen LogP contribution is 2.25. The minimum atomic E-state index is -0.832. The van der Waals surface area contributed by atoms with Crippen molar-refractivity contribution in [2.45, 2.75) is 32.6 Å². The molecule has 132 valence electrons. The summed E-state index contributed by atoms with van der Waals surface area (Å²) in [6.45, 7) is 5.87. The van der Waals surface area contributed by atoms with Crippen LogP contribution < -0.4 is 10.1 Å². The predicted molar refractivity (Wildman–Crippen MR) is 91.4 cm³/mol. The molecule has 0 aromatic heterocycles. The van der Waals surface area contributed by atoms with Crippen LogP contribution in [0.4, 0.5) is 4.79 Å². The summed E-state index contributed by atoms with van der Waals surface area (Å²) in [6, 6.07) is 7.66. The number of ether oxygens (including phenoxy) is 1. The van der Waals surface area contributed by atoms with Crippen LogP contribution in [-0.4, -0.2) is 48.2 Å². The number of nitrogens with one attached hydrogen (secondary N) is 1. The maximum atomic E-state index is 12.1. The van der Waals surface area contributed by atoms with E-state index in [1.54, 1.807) is 4.90 Å². The van der Waals surface area contributed by atoms with Gasteiger partial charge in [-0.2, -0.15) is 0 Å². The van der Waals surface area contributed by atoms with E-state index in [9.17, 15) is 9.59 Å². The minimum absolute atomic E-state index is 0.221. The quantitative estimate of drug-likeness (QED) is 0.784. The zero-order valence-corrected chi connectivity index (χ0v) is 14.3. The summed E-state index contributed by atoms with van der Waals surface area (Å²) in [6.07, 6.45) is 1.36. The fourth-order valence-corrected chi connectivity index (χ4v) is 2.88. The van der Waals surface area contributed by atoms with Crippen molar-refractivity contribution in [3.05, 3.63) is 29.8 Å². The second kappa shape index (κ2) is 8.57. The zero-order valence-electron chi connectivity index (χ0n) is 14.3. The van der Waals surface area contributed by atoms with Crippen molar-refractivity contribution in [3.8, 4) is 5.75 Å². The van der Waals surface area contributed by atoms with Gasteiger partial charge in [0.05, 0.1) is 12.5 Å². The largest absolute Gasteiger partial charge is 0.491 e. The van der Waals surface area contributed by atoms with E-state index < -0.39 is 11.9 Å². The molecule has 1 aliphatic heterocycles. The molecule has 6 heteroatoms. The number of nitrogens with zero attached hydrogens (tertiary/aromatic N) is 1. The van der Waals surface area contributed by atoms with Crippen LogP contribution in [0, 0.1) is 5.92 Å². The molecule has 1 aliphatic rings. The van der Waals surface area contributed by atoms with E-state index in [1.807, 2.05) is 24.3 Å². The van der Waals surface area contributed by atoms with Gasteiger partial charge in [0.25, 0.3) is 0 Å². The van der Waals surface area contributed by atoms with Gasteiger partial charge < -0.3 is 20.1 Å². The van der Waals surface area contributed by atoms with Gasteiger partial charge in [-0.3, -0.25) is 4.79 Å². The molecular weight excluding hydrogens is 308 g/mol. The Balaban J connectivity index is 1.76. The number of amides is 2. The lowest BCUT2D eigenvalue weighted by atomic mass is 9.99. The molecule has 6 nitrogen and oxygen atoms in total. The number of piperidine rings is 1. The van der Waals surface area contributed by atoms with Crippen molar-refractivity contribution in [1.82, 2.24) is 10.2 Å². The van der Waals surface area contributed by atoms with Crippen LogP contribution in [0.25, 0.3) is 0 Å². The van der Waals surface area contributed by atoms with Gasteiger partial charge in [-0.15, -0.1) is 0 Å². The molecule has 0 saturated carbocycles. The van der Waals surface area contributed by atoms with Crippen molar-refractivity contribution in [2.24, 2.45) is 5.92 Å². The number of hydrogen-bond donors (Lipinski definition) is 2. The summed E-state index contributed by atoms with van der Waals surface area (Å²) >= 11 is 0. The normalized spacial score (nSPS) is 17.6. The Morgan fingerprint density at radius 1 is 1.38 bits per heavy atom. The Labute approximate surface area is 142 Å². The van der Waals surface area contributed by atoms with Crippen LogP contribution >= 0.6 is 0 Å². The van der Waals surface area contributed by atoms with Gasteiger partial charge in [0, 0.05) is 13.1 Å². The van der Waals surface area contributed by atoms with Crippen LogP contribution in [0.2, 0.25) is 0 Å². The van der Waals surface area contributed by atoms with Gasteiger partial charge in [-0.1, -0.05) is 32.0 Å². The third kappa shape index (κ3) is 4.88. The van der Waals surface area contributed by atoms with Crippen LogP contribution in [0.1, 0.15) is 38.2 Å². The smallest absolute Gasteiger partial charge is 0.317 e. The fraction of sp³-hybridized carbons (Fsp3) is 0.556. The third-order valence-corrected chi connectivity index (χ3v) is 4.23. The molecule has 0 spiro atoms. The summed E-state index contributed by atoms with van der Waals surface area (Å²) in [7, 11) is 0. The lowest BCUT2D eigenvalue weighted by molar-refractivity contribution is -0.143. The number of hydrogen-bond acceptors (Lipinski definition) is 3. The summed E-state index contributed by atoms with van der Waals surface area (Å²) in [5.41, 5.74) is 1.14. The molecule has 1 atom stereocenters. The molecule has 24 heavy (non-hydrogen) atoms. The first kappa shape index (κ1) is 18.1. The molecule has 2 amide bonds. The van der Waals surface area contributed by atoms with Gasteiger partial charge in [-0.25, -0.2) is 4.79 Å². The standard InChI is InChI=1S/C18H26N2O4/c1-13(2)15-7-3-4-8-16(15)24-11-9-19-18(23)20-10-5-6-14(12-20)17(21)22/h3-4,7-8,13-14H,5-6,9-12H2,1-2H3,(H,19,23)(H,21,22)/t14-/m1/s1. The van der Waals surface area contributed by atoms with Crippen molar-refractivity contribution in [1.29, 1.82) is 0 Å². The average Bonchev–Trinajstić information content (AvgIpc) is 2.58. The second-order valence-corrected chi connectivity index (χ2v) is 6.40. The Kier molecular flexibility index (Phi) is 6.46. The van der Waals surface area contributed by atoms with Gasteiger partial charge in [0.15, 0.2) is 0 Å². The topological polar surface area (TPSA) is 78.9 Å². The van der Waals surface area contributed by atoms with Crippen LogP contribution in [-0.2, 0) is 4.79 Å². The first-order valence-electron chi connectivity index (χ1n) is 8.46. The van der Waals surface area contributed by atoms with E-state index in [1.165, 1.54) is 0 Å². The van der Waals surface area contributed by atoms with Crippen LogP contribution in [0.5, 0.6) is 5.75 Å². The number of urea groups is 1. The number of para-hydroxylation sites is 1. The van der Waals surface area contributed by atoms with Crippen molar-refractivity contribution in [2.75, 3.05) is 26.2 Å². The van der Waals surface area contributed by atoms with E-state index in [0.29, 0.717) is 32.0 Å². The highest BCUT2D eigenvalue weighted by molar-refractivity contribution is 5.76. The molecule has 1 saturated heterocycles. The lowest BCUT2D eigenvalue weighted by Gasteiger charge is -2.30. The van der Waals surface area contributed by atoms with Gasteiger partial charge in [-0.05, 0) is 30.4 Å². The number of rotatable bonds is 6. The molecule has 1 fully saturated rings. The van der Waals surface area contributed by atoms with Crippen molar-refractivity contribution in [3.63, 3.8) is 0 Å². The van der Waals surface area contributed by atoms with Crippen molar-refractivity contribution >= 4 is 12.0 Å². The van der Waals surface area contributed by atoms with Crippen LogP contribution in [0.3, 0.4) is 0 Å². The average molecular weight is 334 g/mol. The summed E-state index contributed by atoms with van der Waals surface area (Å²) in [4.78, 5) is 24.7. The molecule has 0 bridgehead atoms. The Bertz CT molecular complexity index is 574. The summed E-state index contributed by atoms with van der Waals surface area (Å²) in [5, 5.41) is 11.9. The van der Waals surface area contributed by atoms with E-state index in [-0.39, 0.29) is 12.6 Å². The number of benzene rings is 1. The molecule has 2 rings (SSSR count). The molecular formula is C18H26N2O4. The number of carbonyl (C=O) groups excluding carboxylic acids is 1. The van der Waals surface area contributed by atoms with E-state index in [0.717, 1.165) is 17.7 Å². The first-order valence-corrected chi connectivity index (χ1v) is 8.46. The van der Waals surface area contributed by atoms with E-state index in [4.69, 9.17) is 9.84 Å². The number of carboxylic acid groups (broad SMARTS) is 1. The summed E-state index contributed by atoms with van der Waals surface area (Å²) in [5.74, 6) is -0.0810. The maximum Gasteiger partial charge on any atom is 0.317 e. The molecule has 0 radical (unpaired) electrons. The molecule has 1 heterocycles. The van der Waals surface area contributed by atoms with Crippen LogP contribution in [0.15, 0.2) is 24.3 Å². The van der Waals surface area contributed by atoms with Gasteiger partial charge >= 0.3 is 12.0 Å². The maximum absolute atomic E-state index is 12.1. The van der Waals surface area contributed by atoms with Gasteiger partial charge in [0.2, 0.25) is 0 Å². The SMILES string of the molecule is CC(C)c1ccccc1OCCNC(=O)N1CCC[C@@H](C(=O)O)C1. The zero-order chi connectivity index (χ0) is 17.5. The molecule has 0 unspecified atom stereocenters. The number of carboxylic acids is 1. The van der Waals surface area contributed by atoms with Crippen molar-refractivity contribution < 1.29 is 19.4 Å².